The van der Waals surface area contributed by atoms with Gasteiger partial charge in [0.15, 0.2) is 0 Å². The van der Waals surface area contributed by atoms with Gasteiger partial charge >= 0.3 is 11.9 Å². The lowest BCUT2D eigenvalue weighted by atomic mass is 9.81. The van der Waals surface area contributed by atoms with Gasteiger partial charge in [-0.05, 0) is 12.3 Å². The van der Waals surface area contributed by atoms with Crippen LogP contribution in [0.25, 0.3) is 0 Å². The topological polar surface area (TPSA) is 94.3 Å². The lowest BCUT2D eigenvalue weighted by Crippen LogP contribution is -2.35. The first-order valence-electron chi connectivity index (χ1n) is 7.53. The molecular weight excluding hydrogens is 286 g/mol. The van der Waals surface area contributed by atoms with E-state index in [2.05, 4.69) is 15.5 Å². The molecule has 1 aromatic heterocycles. The molecule has 0 aliphatic rings. The molecular formula is C15H29N3O4. The number of esters is 1. The van der Waals surface area contributed by atoms with Crippen LogP contribution in [0.5, 0.6) is 0 Å². The van der Waals surface area contributed by atoms with Crippen molar-refractivity contribution in [1.29, 1.82) is 0 Å². The van der Waals surface area contributed by atoms with Gasteiger partial charge in [0.05, 0.1) is 13.2 Å². The zero-order chi connectivity index (χ0) is 17.3. The molecule has 0 aromatic carbocycles. The highest BCUT2D eigenvalue weighted by Crippen LogP contribution is 2.25. The third kappa shape index (κ3) is 6.24. The second-order valence-electron chi connectivity index (χ2n) is 5.53. The van der Waals surface area contributed by atoms with E-state index in [1.807, 2.05) is 41.5 Å². The minimum Gasteiger partial charge on any atom is -0.459 e. The molecule has 7 nitrogen and oxygen atoms in total. The summed E-state index contributed by atoms with van der Waals surface area (Å²) in [5.74, 6) is -0.966. The van der Waals surface area contributed by atoms with Crippen LogP contribution in [0.4, 0.5) is 0 Å². The number of hydrogen-bond acceptors (Lipinski definition) is 6. The van der Waals surface area contributed by atoms with Crippen molar-refractivity contribution in [2.75, 3.05) is 6.61 Å². The fraction of sp³-hybridized carbons (Fsp3) is 0.733. The number of nitrogens with one attached hydrogen (secondary N) is 1. The SMILES string of the molecule is CC.CCOC(=O)c1nnc(CNC(=O)C(C)C(C)(C)C)o1.[HH]. The van der Waals surface area contributed by atoms with Crippen LogP contribution in [0.2, 0.25) is 0 Å². The number of rotatable bonds is 5. The lowest BCUT2D eigenvalue weighted by molar-refractivity contribution is -0.127. The van der Waals surface area contributed by atoms with Crippen molar-refractivity contribution in [3.05, 3.63) is 11.8 Å². The van der Waals surface area contributed by atoms with E-state index in [0.717, 1.165) is 0 Å². The highest BCUT2D eigenvalue weighted by Gasteiger charge is 2.27. The predicted molar refractivity (Wildman–Crippen MR) is 84.2 cm³/mol. The molecule has 0 saturated heterocycles. The molecule has 1 amide bonds. The van der Waals surface area contributed by atoms with Gasteiger partial charge in [-0.3, -0.25) is 4.79 Å². The van der Waals surface area contributed by atoms with Gasteiger partial charge in [0.25, 0.3) is 0 Å². The maximum atomic E-state index is 11.9. The molecule has 128 valence electrons. The number of carbonyl (C=O) groups is 2. The first-order valence-corrected chi connectivity index (χ1v) is 7.53. The Hall–Kier alpha value is -1.92. The molecule has 0 aliphatic carbocycles. The standard InChI is InChI=1S/C13H21N3O4.C2H6.H2/c1-6-19-12(18)11-16-15-9(20-11)7-14-10(17)8(2)13(3,4)5;1-2;/h8H,6-7H2,1-5H3,(H,14,17);1-2H3;1H. The summed E-state index contributed by atoms with van der Waals surface area (Å²) in [7, 11) is 0. The molecule has 0 radical (unpaired) electrons. The van der Waals surface area contributed by atoms with Crippen LogP contribution in [0.3, 0.4) is 0 Å². The Morgan fingerprint density at radius 3 is 2.41 bits per heavy atom. The molecule has 0 saturated carbocycles. The van der Waals surface area contributed by atoms with Crippen LogP contribution in [-0.2, 0) is 16.1 Å². The summed E-state index contributed by atoms with van der Waals surface area (Å²) in [6.07, 6.45) is 0. The average molecular weight is 315 g/mol. The second-order valence-corrected chi connectivity index (χ2v) is 5.53. The molecule has 1 heterocycles. The van der Waals surface area contributed by atoms with Crippen molar-refractivity contribution in [2.24, 2.45) is 11.3 Å². The van der Waals surface area contributed by atoms with Crippen LogP contribution < -0.4 is 5.32 Å². The van der Waals surface area contributed by atoms with Crippen molar-refractivity contribution in [1.82, 2.24) is 15.5 Å². The Kier molecular flexibility index (Phi) is 8.37. The Bertz CT molecular complexity index is 483. The van der Waals surface area contributed by atoms with Gasteiger partial charge in [-0.2, -0.15) is 0 Å². The van der Waals surface area contributed by atoms with Gasteiger partial charge in [0, 0.05) is 7.34 Å². The highest BCUT2D eigenvalue weighted by molar-refractivity contribution is 5.83. The van der Waals surface area contributed by atoms with Gasteiger partial charge < -0.3 is 14.5 Å². The number of aromatic nitrogens is 2. The van der Waals surface area contributed by atoms with E-state index in [9.17, 15) is 9.59 Å². The highest BCUT2D eigenvalue weighted by atomic mass is 16.5. The maximum absolute atomic E-state index is 11.9. The molecule has 0 bridgehead atoms. The smallest absolute Gasteiger partial charge is 0.396 e. The van der Waals surface area contributed by atoms with Crippen LogP contribution in [0, 0.1) is 11.3 Å². The third-order valence-corrected chi connectivity index (χ3v) is 3.02. The number of carbonyl (C=O) groups excluding carboxylic acids is 2. The molecule has 22 heavy (non-hydrogen) atoms. The van der Waals surface area contributed by atoms with Crippen LogP contribution in [-0.4, -0.2) is 28.7 Å². The molecule has 1 aromatic rings. The molecule has 1 rings (SSSR count). The minimum atomic E-state index is -0.666. The minimum absolute atomic E-state index is 0. The fourth-order valence-corrected chi connectivity index (χ4v) is 1.31. The van der Waals surface area contributed by atoms with Gasteiger partial charge in [0.1, 0.15) is 0 Å². The van der Waals surface area contributed by atoms with Gasteiger partial charge in [0.2, 0.25) is 11.8 Å². The zero-order valence-electron chi connectivity index (χ0n) is 14.5. The fourth-order valence-electron chi connectivity index (χ4n) is 1.31. The number of ether oxygens (including phenoxy) is 1. The predicted octanol–water partition coefficient (Wildman–Crippen LogP) is 2.82. The Labute approximate surface area is 133 Å². The van der Waals surface area contributed by atoms with E-state index in [1.165, 1.54) is 0 Å². The van der Waals surface area contributed by atoms with Crippen molar-refractivity contribution in [2.45, 2.75) is 55.0 Å². The van der Waals surface area contributed by atoms with Gasteiger partial charge in [-0.1, -0.05) is 41.5 Å². The summed E-state index contributed by atoms with van der Waals surface area (Å²) in [4.78, 5) is 23.2. The molecule has 7 heteroatoms. The van der Waals surface area contributed by atoms with E-state index in [-0.39, 0.29) is 43.6 Å². The van der Waals surface area contributed by atoms with Crippen molar-refractivity contribution in [3.63, 3.8) is 0 Å². The van der Waals surface area contributed by atoms with Crippen LogP contribution >= 0.6 is 0 Å². The Morgan fingerprint density at radius 1 is 1.32 bits per heavy atom. The van der Waals surface area contributed by atoms with E-state index in [1.54, 1.807) is 6.92 Å². The average Bonchev–Trinajstić information content (AvgIpc) is 2.94. The summed E-state index contributed by atoms with van der Waals surface area (Å²) >= 11 is 0. The van der Waals surface area contributed by atoms with E-state index >= 15 is 0 Å². The van der Waals surface area contributed by atoms with Crippen molar-refractivity contribution >= 4 is 11.9 Å². The molecule has 1 N–H and O–H groups in total. The quantitative estimate of drug-likeness (QED) is 0.840. The monoisotopic (exact) mass is 315 g/mol. The molecule has 0 spiro atoms. The largest absolute Gasteiger partial charge is 0.459 e. The first kappa shape index (κ1) is 20.1. The number of nitrogens with zero attached hydrogens (tertiary/aromatic N) is 2. The number of hydrogen-bond donors (Lipinski definition) is 1. The van der Waals surface area contributed by atoms with E-state index < -0.39 is 5.97 Å². The lowest BCUT2D eigenvalue weighted by Gasteiger charge is -2.25. The Balaban J connectivity index is 0. The third-order valence-electron chi connectivity index (χ3n) is 3.02. The van der Waals surface area contributed by atoms with E-state index in [0.29, 0.717) is 0 Å². The van der Waals surface area contributed by atoms with Crippen molar-refractivity contribution < 1.29 is 20.2 Å². The summed E-state index contributed by atoms with van der Waals surface area (Å²) in [5.41, 5.74) is -0.130. The summed E-state index contributed by atoms with van der Waals surface area (Å²) in [6, 6.07) is 0. The summed E-state index contributed by atoms with van der Waals surface area (Å²) in [5, 5.41) is 9.95. The normalized spacial score (nSPS) is 12.0. The second kappa shape index (κ2) is 9.17. The van der Waals surface area contributed by atoms with Crippen LogP contribution in [0.15, 0.2) is 4.42 Å². The first-order chi connectivity index (χ1) is 10.3. The molecule has 0 fully saturated rings. The maximum Gasteiger partial charge on any atom is 0.396 e. The summed E-state index contributed by atoms with van der Waals surface area (Å²) in [6.45, 7) is 13.8. The molecule has 0 aliphatic heterocycles. The van der Waals surface area contributed by atoms with Gasteiger partial charge in [-0.25, -0.2) is 4.79 Å². The number of amides is 1. The van der Waals surface area contributed by atoms with Crippen molar-refractivity contribution in [3.8, 4) is 0 Å². The van der Waals surface area contributed by atoms with Gasteiger partial charge in [-0.15, -0.1) is 10.2 Å². The van der Waals surface area contributed by atoms with E-state index in [4.69, 9.17) is 9.15 Å². The van der Waals surface area contributed by atoms with Crippen LogP contribution in [0.1, 0.15) is 66.5 Å². The Morgan fingerprint density at radius 2 is 1.91 bits per heavy atom. The molecule has 1 unspecified atom stereocenters. The zero-order valence-corrected chi connectivity index (χ0v) is 14.5. The molecule has 1 atom stereocenters. The summed E-state index contributed by atoms with van der Waals surface area (Å²) < 4.78 is 9.83.